The third kappa shape index (κ3) is 5.09. The number of nitrogens with one attached hydrogen (secondary N) is 1. The summed E-state index contributed by atoms with van der Waals surface area (Å²) in [4.78, 5) is 13.8. The Morgan fingerprint density at radius 2 is 1.72 bits per heavy atom. The molecule has 1 fully saturated rings. The summed E-state index contributed by atoms with van der Waals surface area (Å²) in [5, 5.41) is 1.60. The predicted octanol–water partition coefficient (Wildman–Crippen LogP) is 4.20. The molecule has 2 heterocycles. The van der Waals surface area contributed by atoms with Gasteiger partial charge in [-0.05, 0) is 49.1 Å². The molecule has 0 aliphatic carbocycles. The lowest BCUT2D eigenvalue weighted by molar-refractivity contribution is 0.399. The van der Waals surface area contributed by atoms with Crippen molar-refractivity contribution < 1.29 is 8.42 Å². The number of aromatic nitrogens is 2. The van der Waals surface area contributed by atoms with Crippen molar-refractivity contribution in [3.8, 4) is 0 Å². The van der Waals surface area contributed by atoms with Crippen LogP contribution in [0.4, 0.5) is 11.8 Å². The Hall–Kier alpha value is -2.13. The second-order valence-corrected chi connectivity index (χ2v) is 10.8. The van der Waals surface area contributed by atoms with E-state index in [0.29, 0.717) is 22.5 Å². The van der Waals surface area contributed by atoms with Crippen molar-refractivity contribution in [2.45, 2.75) is 17.7 Å². The van der Waals surface area contributed by atoms with E-state index in [1.54, 1.807) is 0 Å². The van der Waals surface area contributed by atoms with Gasteiger partial charge in [0.1, 0.15) is 5.82 Å². The van der Waals surface area contributed by atoms with Crippen LogP contribution in [0.15, 0.2) is 47.4 Å². The molecule has 0 spiro atoms. The molecule has 1 N–H and O–H groups in total. The molecule has 4 rings (SSSR count). The zero-order valence-corrected chi connectivity index (χ0v) is 20.3. The maximum absolute atomic E-state index is 12.6. The van der Waals surface area contributed by atoms with Gasteiger partial charge in [0.15, 0.2) is 0 Å². The molecule has 2 aromatic carbocycles. The molecular weight excluding hydrogens is 469 g/mol. The number of halogens is 2. The second kappa shape index (κ2) is 9.39. The van der Waals surface area contributed by atoms with Gasteiger partial charge in [0.2, 0.25) is 16.0 Å². The summed E-state index contributed by atoms with van der Waals surface area (Å²) in [6, 6.07) is 12.3. The summed E-state index contributed by atoms with van der Waals surface area (Å²) in [5.74, 6) is 1.82. The number of anilines is 2. The molecule has 1 aliphatic rings. The van der Waals surface area contributed by atoms with Gasteiger partial charge in [0.05, 0.1) is 10.4 Å². The summed E-state index contributed by atoms with van der Waals surface area (Å²) in [5.41, 5.74) is 0.913. The van der Waals surface area contributed by atoms with Crippen LogP contribution in [0.25, 0.3) is 10.9 Å². The van der Waals surface area contributed by atoms with Gasteiger partial charge in [-0.2, -0.15) is 4.98 Å². The van der Waals surface area contributed by atoms with E-state index in [2.05, 4.69) is 9.62 Å². The molecule has 10 heteroatoms. The minimum Gasteiger partial charge on any atom is -0.362 e. The van der Waals surface area contributed by atoms with Gasteiger partial charge in [-0.25, -0.2) is 18.1 Å². The van der Waals surface area contributed by atoms with E-state index in [1.165, 1.54) is 18.2 Å². The normalized spacial score (nSPS) is 15.3. The van der Waals surface area contributed by atoms with Crippen molar-refractivity contribution >= 4 is 55.9 Å². The Kier molecular flexibility index (Phi) is 6.76. The number of benzene rings is 2. The first-order valence-electron chi connectivity index (χ1n) is 10.4. The number of para-hydroxylation sites is 1. The molecule has 1 aromatic heterocycles. The molecular formula is C22H25Cl2N5O2S. The number of sulfonamides is 1. The van der Waals surface area contributed by atoms with Crippen molar-refractivity contribution in [3.05, 3.63) is 52.5 Å². The lowest BCUT2D eigenvalue weighted by Crippen LogP contribution is -2.39. The minimum absolute atomic E-state index is 0.0771. The van der Waals surface area contributed by atoms with Crippen LogP contribution in [-0.2, 0) is 10.0 Å². The molecule has 0 bridgehead atoms. The van der Waals surface area contributed by atoms with Crippen molar-refractivity contribution in [1.82, 2.24) is 14.7 Å². The first-order valence-corrected chi connectivity index (χ1v) is 12.6. The highest BCUT2D eigenvalue weighted by Gasteiger charge is 2.24. The van der Waals surface area contributed by atoms with Crippen LogP contribution in [0.3, 0.4) is 0 Å². The maximum Gasteiger partial charge on any atom is 0.240 e. The van der Waals surface area contributed by atoms with Gasteiger partial charge >= 0.3 is 0 Å². The number of piperidine rings is 1. The van der Waals surface area contributed by atoms with Gasteiger partial charge in [-0.1, -0.05) is 35.3 Å². The van der Waals surface area contributed by atoms with Crippen LogP contribution < -0.4 is 14.5 Å². The third-order valence-corrected chi connectivity index (χ3v) is 7.44. The van der Waals surface area contributed by atoms with Crippen LogP contribution in [-0.4, -0.2) is 52.1 Å². The van der Waals surface area contributed by atoms with E-state index in [4.69, 9.17) is 33.2 Å². The summed E-state index contributed by atoms with van der Waals surface area (Å²) in [7, 11) is 0.280. The fourth-order valence-electron chi connectivity index (χ4n) is 3.86. The molecule has 0 amide bonds. The topological polar surface area (TPSA) is 78.4 Å². The number of nitrogens with zero attached hydrogens (tertiary/aromatic N) is 4. The average molecular weight is 494 g/mol. The van der Waals surface area contributed by atoms with Crippen LogP contribution >= 0.6 is 23.2 Å². The summed E-state index contributed by atoms with van der Waals surface area (Å²) < 4.78 is 28.0. The highest BCUT2D eigenvalue weighted by molar-refractivity contribution is 7.89. The number of hydrogen-bond acceptors (Lipinski definition) is 6. The highest BCUT2D eigenvalue weighted by Crippen LogP contribution is 2.28. The van der Waals surface area contributed by atoms with Gasteiger partial charge in [-0.15, -0.1) is 0 Å². The Balaban J connectivity index is 1.41. The maximum atomic E-state index is 12.6. The summed E-state index contributed by atoms with van der Waals surface area (Å²) in [6.07, 6.45) is 1.68. The van der Waals surface area contributed by atoms with Gasteiger partial charge < -0.3 is 9.80 Å². The van der Waals surface area contributed by atoms with Gasteiger partial charge in [0.25, 0.3) is 0 Å². The Morgan fingerprint density at radius 3 is 2.38 bits per heavy atom. The average Bonchev–Trinajstić information content (AvgIpc) is 2.76. The third-order valence-electron chi connectivity index (χ3n) is 5.60. The van der Waals surface area contributed by atoms with E-state index >= 15 is 0 Å². The SMILES string of the molecule is CN(C)c1nc(N2CCC(CNS(=O)(=O)c3cc(Cl)cc(Cl)c3)CC2)nc2ccccc12. The molecule has 0 unspecified atom stereocenters. The minimum atomic E-state index is -3.67. The van der Waals surface area contributed by atoms with E-state index in [1.807, 2.05) is 43.3 Å². The first kappa shape index (κ1) is 23.0. The van der Waals surface area contributed by atoms with Gasteiger partial charge in [-0.3, -0.25) is 0 Å². The Morgan fingerprint density at radius 1 is 1.06 bits per heavy atom. The monoisotopic (exact) mass is 493 g/mol. The van der Waals surface area contributed by atoms with E-state index in [0.717, 1.165) is 42.7 Å². The van der Waals surface area contributed by atoms with E-state index in [9.17, 15) is 8.42 Å². The van der Waals surface area contributed by atoms with Crippen LogP contribution in [0, 0.1) is 5.92 Å². The summed E-state index contributed by atoms with van der Waals surface area (Å²) >= 11 is 11.9. The molecule has 170 valence electrons. The molecule has 32 heavy (non-hydrogen) atoms. The van der Waals surface area contributed by atoms with E-state index < -0.39 is 10.0 Å². The van der Waals surface area contributed by atoms with Crippen molar-refractivity contribution in [3.63, 3.8) is 0 Å². The summed E-state index contributed by atoms with van der Waals surface area (Å²) in [6.45, 7) is 1.89. The van der Waals surface area contributed by atoms with Crippen LogP contribution in [0.2, 0.25) is 10.0 Å². The number of hydrogen-bond donors (Lipinski definition) is 1. The Labute approximate surface area is 198 Å². The van der Waals surface area contributed by atoms with E-state index in [-0.39, 0.29) is 10.8 Å². The fourth-order valence-corrected chi connectivity index (χ4v) is 5.70. The van der Waals surface area contributed by atoms with Crippen molar-refractivity contribution in [1.29, 1.82) is 0 Å². The second-order valence-electron chi connectivity index (χ2n) is 8.15. The molecule has 7 nitrogen and oxygen atoms in total. The smallest absolute Gasteiger partial charge is 0.240 e. The lowest BCUT2D eigenvalue weighted by atomic mass is 9.97. The van der Waals surface area contributed by atoms with Crippen molar-refractivity contribution in [2.24, 2.45) is 5.92 Å². The number of fused-ring (bicyclic) bond motifs is 1. The molecule has 1 aliphatic heterocycles. The zero-order chi connectivity index (χ0) is 22.9. The molecule has 3 aromatic rings. The van der Waals surface area contributed by atoms with Crippen LogP contribution in [0.5, 0.6) is 0 Å². The first-order chi connectivity index (χ1) is 15.2. The van der Waals surface area contributed by atoms with Gasteiger partial charge in [0, 0.05) is 49.2 Å². The van der Waals surface area contributed by atoms with Crippen LogP contribution in [0.1, 0.15) is 12.8 Å². The molecule has 0 saturated carbocycles. The Bertz CT molecular complexity index is 1210. The quantitative estimate of drug-likeness (QED) is 0.554. The molecule has 0 atom stereocenters. The van der Waals surface area contributed by atoms with Crippen molar-refractivity contribution in [2.75, 3.05) is 43.5 Å². The highest BCUT2D eigenvalue weighted by atomic mass is 35.5. The molecule has 1 saturated heterocycles. The predicted molar refractivity (Wildman–Crippen MR) is 130 cm³/mol. The standard InChI is InChI=1S/C22H25Cl2N5O2S/c1-28(2)21-19-5-3-4-6-20(19)26-22(27-21)29-9-7-15(8-10-29)14-25-32(30,31)18-12-16(23)11-17(24)13-18/h3-6,11-13,15,25H,7-10,14H2,1-2H3. The largest absolute Gasteiger partial charge is 0.362 e. The fraction of sp³-hybridized carbons (Fsp3) is 0.364. The number of rotatable bonds is 6. The lowest BCUT2D eigenvalue weighted by Gasteiger charge is -2.32. The molecule has 0 radical (unpaired) electrons. The zero-order valence-electron chi connectivity index (χ0n) is 17.9.